The van der Waals surface area contributed by atoms with Crippen LogP contribution in [0, 0.1) is 0 Å². The standard InChI is InChI=1S/C13H17F3O2/c1-9(18-3)12(2,17)8-10-4-6-11(7-5-10)13(14,15)16/h4-7,9,17H,8H2,1-3H3. The summed E-state index contributed by atoms with van der Waals surface area (Å²) in [6.07, 6.45) is -4.50. The van der Waals surface area contributed by atoms with Crippen LogP contribution < -0.4 is 0 Å². The van der Waals surface area contributed by atoms with Crippen LogP contribution in [0.25, 0.3) is 0 Å². The molecule has 1 rings (SSSR count). The molecule has 2 atom stereocenters. The number of hydrogen-bond acceptors (Lipinski definition) is 2. The van der Waals surface area contributed by atoms with Gasteiger partial charge in [0.05, 0.1) is 17.3 Å². The SMILES string of the molecule is COC(C)C(C)(O)Cc1ccc(C(F)(F)F)cc1. The van der Waals surface area contributed by atoms with E-state index in [0.29, 0.717) is 5.56 Å². The molecule has 0 bridgehead atoms. The predicted molar refractivity (Wildman–Crippen MR) is 62.2 cm³/mol. The molecule has 0 saturated heterocycles. The van der Waals surface area contributed by atoms with E-state index >= 15 is 0 Å². The van der Waals surface area contributed by atoms with Gasteiger partial charge in [0.2, 0.25) is 0 Å². The lowest BCUT2D eigenvalue weighted by Gasteiger charge is -2.29. The van der Waals surface area contributed by atoms with E-state index in [1.165, 1.54) is 19.2 Å². The number of aliphatic hydroxyl groups is 1. The van der Waals surface area contributed by atoms with E-state index in [-0.39, 0.29) is 6.42 Å². The van der Waals surface area contributed by atoms with Crippen LogP contribution in [0.1, 0.15) is 25.0 Å². The Morgan fingerprint density at radius 3 is 2.11 bits per heavy atom. The van der Waals surface area contributed by atoms with Crippen LogP contribution in [0.4, 0.5) is 13.2 Å². The fourth-order valence-electron chi connectivity index (χ4n) is 1.62. The fourth-order valence-corrected chi connectivity index (χ4v) is 1.62. The Balaban J connectivity index is 2.81. The van der Waals surface area contributed by atoms with Gasteiger partial charge in [0.1, 0.15) is 0 Å². The highest BCUT2D eigenvalue weighted by Crippen LogP contribution is 2.29. The number of rotatable bonds is 4. The summed E-state index contributed by atoms with van der Waals surface area (Å²) in [5.74, 6) is 0. The summed E-state index contributed by atoms with van der Waals surface area (Å²) in [5.41, 5.74) is -1.17. The van der Waals surface area contributed by atoms with Gasteiger partial charge in [0, 0.05) is 13.5 Å². The largest absolute Gasteiger partial charge is 0.416 e. The Morgan fingerprint density at radius 2 is 1.72 bits per heavy atom. The highest BCUT2D eigenvalue weighted by molar-refractivity contribution is 5.25. The molecule has 102 valence electrons. The minimum Gasteiger partial charge on any atom is -0.387 e. The smallest absolute Gasteiger partial charge is 0.387 e. The summed E-state index contributed by atoms with van der Waals surface area (Å²) in [6.45, 7) is 3.31. The van der Waals surface area contributed by atoms with Crippen molar-refractivity contribution in [3.8, 4) is 0 Å². The van der Waals surface area contributed by atoms with Crippen molar-refractivity contribution in [1.29, 1.82) is 0 Å². The van der Waals surface area contributed by atoms with E-state index in [1.807, 2.05) is 0 Å². The van der Waals surface area contributed by atoms with Crippen molar-refractivity contribution in [3.63, 3.8) is 0 Å². The van der Waals surface area contributed by atoms with Gasteiger partial charge in [-0.1, -0.05) is 12.1 Å². The Bertz CT molecular complexity index is 382. The van der Waals surface area contributed by atoms with Gasteiger partial charge in [-0.15, -0.1) is 0 Å². The number of alkyl halides is 3. The van der Waals surface area contributed by atoms with Gasteiger partial charge in [-0.05, 0) is 31.5 Å². The van der Waals surface area contributed by atoms with Crippen LogP contribution in [0.15, 0.2) is 24.3 Å². The minimum atomic E-state index is -4.33. The van der Waals surface area contributed by atoms with Gasteiger partial charge >= 0.3 is 6.18 Å². The van der Waals surface area contributed by atoms with Gasteiger partial charge in [0.25, 0.3) is 0 Å². The molecule has 5 heteroatoms. The third-order valence-electron chi connectivity index (χ3n) is 3.07. The Hall–Kier alpha value is -1.07. The maximum absolute atomic E-state index is 12.4. The molecular formula is C13H17F3O2. The zero-order valence-corrected chi connectivity index (χ0v) is 10.6. The van der Waals surface area contributed by atoms with Gasteiger partial charge < -0.3 is 9.84 Å². The third kappa shape index (κ3) is 3.71. The van der Waals surface area contributed by atoms with Crippen LogP contribution in [-0.4, -0.2) is 23.9 Å². The normalized spacial score (nSPS) is 17.3. The quantitative estimate of drug-likeness (QED) is 0.903. The summed E-state index contributed by atoms with van der Waals surface area (Å²) in [4.78, 5) is 0. The molecule has 0 aliphatic rings. The van der Waals surface area contributed by atoms with Gasteiger partial charge in [-0.3, -0.25) is 0 Å². The van der Waals surface area contributed by atoms with Gasteiger partial charge in [-0.2, -0.15) is 13.2 Å². The van der Waals surface area contributed by atoms with E-state index < -0.39 is 23.4 Å². The lowest BCUT2D eigenvalue weighted by molar-refractivity contribution is -0.137. The molecule has 2 nitrogen and oxygen atoms in total. The molecule has 0 saturated carbocycles. The third-order valence-corrected chi connectivity index (χ3v) is 3.07. The predicted octanol–water partition coefficient (Wildman–Crippen LogP) is 3.03. The van der Waals surface area contributed by atoms with Crippen molar-refractivity contribution in [2.45, 2.75) is 38.1 Å². The van der Waals surface area contributed by atoms with Crippen LogP contribution in [0.5, 0.6) is 0 Å². The number of benzene rings is 1. The molecule has 0 radical (unpaired) electrons. The Kier molecular flexibility index (Phi) is 4.40. The molecule has 1 aromatic carbocycles. The highest BCUT2D eigenvalue weighted by atomic mass is 19.4. The first-order valence-electron chi connectivity index (χ1n) is 5.58. The number of hydrogen-bond donors (Lipinski definition) is 1. The summed E-state index contributed by atoms with van der Waals surface area (Å²) in [5, 5.41) is 10.1. The first-order chi connectivity index (χ1) is 8.16. The minimum absolute atomic E-state index is 0.236. The van der Waals surface area contributed by atoms with E-state index in [4.69, 9.17) is 4.74 Å². The second-order valence-corrected chi connectivity index (χ2v) is 4.61. The van der Waals surface area contributed by atoms with E-state index in [0.717, 1.165) is 12.1 Å². The summed E-state index contributed by atoms with van der Waals surface area (Å²) >= 11 is 0. The number of methoxy groups -OCH3 is 1. The van der Waals surface area contributed by atoms with Crippen molar-refractivity contribution in [3.05, 3.63) is 35.4 Å². The van der Waals surface area contributed by atoms with Crippen LogP contribution >= 0.6 is 0 Å². The van der Waals surface area contributed by atoms with E-state index in [2.05, 4.69) is 0 Å². The maximum Gasteiger partial charge on any atom is 0.416 e. The fraction of sp³-hybridized carbons (Fsp3) is 0.538. The molecule has 18 heavy (non-hydrogen) atoms. The first-order valence-corrected chi connectivity index (χ1v) is 5.58. The van der Waals surface area contributed by atoms with Crippen molar-refractivity contribution < 1.29 is 23.0 Å². The lowest BCUT2D eigenvalue weighted by Crippen LogP contribution is -2.40. The molecule has 0 spiro atoms. The lowest BCUT2D eigenvalue weighted by atomic mass is 9.91. The molecule has 2 unspecified atom stereocenters. The molecule has 0 aliphatic heterocycles. The molecule has 0 aromatic heterocycles. The number of halogens is 3. The zero-order chi connectivity index (χ0) is 14.0. The second kappa shape index (κ2) is 5.28. The molecule has 1 aromatic rings. The Labute approximate surface area is 104 Å². The van der Waals surface area contributed by atoms with Crippen molar-refractivity contribution in [2.24, 2.45) is 0 Å². The van der Waals surface area contributed by atoms with Crippen LogP contribution in [0.2, 0.25) is 0 Å². The molecule has 0 aliphatic carbocycles. The maximum atomic E-state index is 12.4. The molecular weight excluding hydrogens is 245 g/mol. The summed E-state index contributed by atoms with van der Waals surface area (Å²) in [6, 6.07) is 4.78. The Morgan fingerprint density at radius 1 is 1.22 bits per heavy atom. The van der Waals surface area contributed by atoms with Gasteiger partial charge in [0.15, 0.2) is 0 Å². The summed E-state index contributed by atoms with van der Waals surface area (Å²) < 4.78 is 42.1. The zero-order valence-electron chi connectivity index (χ0n) is 10.6. The van der Waals surface area contributed by atoms with E-state index in [1.54, 1.807) is 13.8 Å². The van der Waals surface area contributed by atoms with Gasteiger partial charge in [-0.25, -0.2) is 0 Å². The van der Waals surface area contributed by atoms with Crippen LogP contribution in [-0.2, 0) is 17.3 Å². The van der Waals surface area contributed by atoms with Crippen molar-refractivity contribution in [2.75, 3.05) is 7.11 Å². The summed E-state index contributed by atoms with van der Waals surface area (Å²) in [7, 11) is 1.48. The molecule has 1 N–H and O–H groups in total. The average Bonchev–Trinajstić information content (AvgIpc) is 2.26. The second-order valence-electron chi connectivity index (χ2n) is 4.61. The first kappa shape index (κ1) is 15.0. The molecule has 0 amide bonds. The monoisotopic (exact) mass is 262 g/mol. The van der Waals surface area contributed by atoms with Crippen molar-refractivity contribution >= 4 is 0 Å². The molecule has 0 heterocycles. The average molecular weight is 262 g/mol. The van der Waals surface area contributed by atoms with Crippen LogP contribution in [0.3, 0.4) is 0 Å². The number of ether oxygens (including phenoxy) is 1. The van der Waals surface area contributed by atoms with E-state index in [9.17, 15) is 18.3 Å². The van der Waals surface area contributed by atoms with Crippen molar-refractivity contribution in [1.82, 2.24) is 0 Å². The molecule has 0 fully saturated rings. The highest BCUT2D eigenvalue weighted by Gasteiger charge is 2.31. The topological polar surface area (TPSA) is 29.5 Å².